The molecule has 0 aliphatic rings. The van der Waals surface area contributed by atoms with Crippen molar-refractivity contribution in [3.8, 4) is 0 Å². The van der Waals surface area contributed by atoms with Crippen LogP contribution in [0.3, 0.4) is 0 Å². The normalized spacial score (nSPS) is 11.4. The summed E-state index contributed by atoms with van der Waals surface area (Å²) in [6.07, 6.45) is 8.14. The van der Waals surface area contributed by atoms with E-state index in [4.69, 9.17) is 1.37 Å². The lowest BCUT2D eigenvalue weighted by molar-refractivity contribution is 0.812. The number of hydrogen-bond acceptors (Lipinski definition) is 0. The number of unbranched alkanes of at least 4 members (excludes halogenated alkanes) is 3. The minimum atomic E-state index is -0.384. The van der Waals surface area contributed by atoms with E-state index in [1.807, 2.05) is 0 Å². The highest BCUT2D eigenvalue weighted by molar-refractivity contribution is 6.58. The van der Waals surface area contributed by atoms with Crippen LogP contribution in [-0.2, 0) is 0 Å². The molecule has 1 heteroatoms. The quantitative estimate of drug-likeness (QED) is 0.366. The van der Waals surface area contributed by atoms with E-state index in [9.17, 15) is 0 Å². The Bertz CT molecular complexity index is 98.5. The van der Waals surface area contributed by atoms with Crippen LogP contribution in [0.2, 0.25) is 15.8 Å². The van der Waals surface area contributed by atoms with Crippen LogP contribution in [0.5, 0.6) is 0 Å². The molecule has 0 aliphatic heterocycles. The highest BCUT2D eigenvalue weighted by Crippen LogP contribution is 2.16. The average Bonchev–Trinajstić information content (AvgIpc) is 2.21. The molecule has 0 rings (SSSR count). The minimum absolute atomic E-state index is 0.384. The topological polar surface area (TPSA) is 0 Å². The Kier molecular flexibility index (Phi) is 9.47. The fourth-order valence-electron chi connectivity index (χ4n) is 1.85. The molecule has 0 saturated heterocycles. The molecule has 0 aromatic rings. The lowest BCUT2D eigenvalue weighted by atomic mass is 10.4. The Morgan fingerprint density at radius 2 is 1.31 bits per heavy atom. The summed E-state index contributed by atoms with van der Waals surface area (Å²) in [7, 11) is 0. The molecule has 0 atom stereocenters. The second-order valence-electron chi connectivity index (χ2n) is 4.15. The van der Waals surface area contributed by atoms with E-state index in [0.29, 0.717) is 6.90 Å². The summed E-state index contributed by atoms with van der Waals surface area (Å²) in [5.74, 6) is 0. The van der Waals surface area contributed by atoms with Crippen molar-refractivity contribution in [3.05, 3.63) is 0 Å². The number of hydrogen-bond donors (Lipinski definition) is 0. The van der Waals surface area contributed by atoms with Gasteiger partial charge in [-0.1, -0.05) is 75.1 Å². The maximum atomic E-state index is 7.14. The molecule has 0 nitrogen and oxygen atoms in total. The van der Waals surface area contributed by atoms with Gasteiger partial charge in [0.1, 0.15) is 0 Å². The van der Waals surface area contributed by atoms with Gasteiger partial charge in [0.15, 0.2) is 0 Å². The fraction of sp³-hybridized carbons (Fsp3) is 1.00. The van der Waals surface area contributed by atoms with E-state index in [1.165, 1.54) is 37.4 Å². The van der Waals surface area contributed by atoms with Crippen molar-refractivity contribution in [2.45, 2.75) is 75.1 Å². The van der Waals surface area contributed by atoms with Crippen LogP contribution in [0.15, 0.2) is 0 Å². The maximum absolute atomic E-state index is 7.14. The first-order chi connectivity index (χ1) is 6.85. The summed E-state index contributed by atoms with van der Waals surface area (Å²) in [4.78, 5) is 0. The van der Waals surface area contributed by atoms with Crippen molar-refractivity contribution in [2.24, 2.45) is 0 Å². The van der Waals surface area contributed by atoms with Gasteiger partial charge in [0.25, 0.3) is 14.1 Å². The standard InChI is InChI=1S/3C4H9.Al/c3*1-3-4-2;/h3*1,3-4H2,2H3;/i2D;;;. The number of rotatable bonds is 9. The molecular formula is C12H27Al. The lowest BCUT2D eigenvalue weighted by Crippen LogP contribution is -2.11. The van der Waals surface area contributed by atoms with Crippen LogP contribution in [0.1, 0.15) is 60.6 Å². The highest BCUT2D eigenvalue weighted by Gasteiger charge is 2.14. The zero-order valence-corrected chi connectivity index (χ0v) is 10.8. The van der Waals surface area contributed by atoms with Gasteiger partial charge in [-0.15, -0.1) is 0 Å². The third kappa shape index (κ3) is 8.85. The first-order valence-corrected chi connectivity index (χ1v) is 8.59. The zero-order valence-electron chi connectivity index (χ0n) is 10.6. The molecule has 0 N–H and O–H groups in total. The van der Waals surface area contributed by atoms with Gasteiger partial charge < -0.3 is 0 Å². The van der Waals surface area contributed by atoms with Gasteiger partial charge in [-0.05, 0) is 0 Å². The lowest BCUT2D eigenvalue weighted by Gasteiger charge is -2.09. The Hall–Kier alpha value is 0.532. The summed E-state index contributed by atoms with van der Waals surface area (Å²) < 4.78 is 7.14. The Balaban J connectivity index is 3.49. The first kappa shape index (κ1) is 11.6. The van der Waals surface area contributed by atoms with E-state index in [0.717, 1.165) is 6.42 Å². The molecule has 0 radical (unpaired) electrons. The van der Waals surface area contributed by atoms with Crippen molar-refractivity contribution in [1.29, 1.82) is 0 Å². The van der Waals surface area contributed by atoms with Gasteiger partial charge in [-0.25, -0.2) is 0 Å². The monoisotopic (exact) mass is 199 g/mol. The molecule has 13 heavy (non-hydrogen) atoms. The van der Waals surface area contributed by atoms with Gasteiger partial charge in [0.05, 0.1) is 0 Å². The molecule has 0 saturated carbocycles. The molecule has 0 fully saturated rings. The third-order valence-corrected chi connectivity index (χ3v) is 6.47. The largest absolute Gasteiger partial charge is 0.261 e. The first-order valence-electron chi connectivity index (χ1n) is 6.85. The van der Waals surface area contributed by atoms with Crippen molar-refractivity contribution in [3.63, 3.8) is 0 Å². The van der Waals surface area contributed by atoms with E-state index in [-0.39, 0.29) is 14.1 Å². The van der Waals surface area contributed by atoms with Crippen molar-refractivity contribution in [2.75, 3.05) is 0 Å². The molecule has 78 valence electrons. The summed E-state index contributed by atoms with van der Waals surface area (Å²) in [6.45, 7) is 5.24. The zero-order chi connectivity index (χ0) is 10.6. The van der Waals surface area contributed by atoms with Crippen LogP contribution in [-0.4, -0.2) is 14.1 Å². The van der Waals surface area contributed by atoms with Gasteiger partial charge in [0, 0.05) is 1.37 Å². The SMILES string of the molecule is [2H]CCC[CH2][Al]([CH2]CCC)[CH2]CCC. The molecule has 0 aliphatic carbocycles. The van der Waals surface area contributed by atoms with Gasteiger partial charge >= 0.3 is 0 Å². The maximum Gasteiger partial charge on any atom is 0.261 e. The highest BCUT2D eigenvalue weighted by atomic mass is 27.2. The van der Waals surface area contributed by atoms with E-state index >= 15 is 0 Å². The molecule has 0 heterocycles. The van der Waals surface area contributed by atoms with Crippen LogP contribution in [0, 0.1) is 0 Å². The Labute approximate surface area is 90.9 Å². The van der Waals surface area contributed by atoms with E-state index < -0.39 is 0 Å². The fourth-order valence-corrected chi connectivity index (χ4v) is 5.55. The Morgan fingerprint density at radius 3 is 1.69 bits per heavy atom. The van der Waals surface area contributed by atoms with Gasteiger partial charge in [0.2, 0.25) is 0 Å². The summed E-state index contributed by atoms with van der Waals surface area (Å²) in [5, 5.41) is 4.64. The summed E-state index contributed by atoms with van der Waals surface area (Å²) in [6, 6.07) is 0. The van der Waals surface area contributed by atoms with Crippen molar-refractivity contribution in [1.82, 2.24) is 0 Å². The van der Waals surface area contributed by atoms with Crippen LogP contribution in [0.25, 0.3) is 0 Å². The predicted octanol–water partition coefficient (Wildman–Crippen LogP) is 4.88. The Morgan fingerprint density at radius 1 is 0.846 bits per heavy atom. The summed E-state index contributed by atoms with van der Waals surface area (Å²) >= 11 is -0.384. The molecule has 0 spiro atoms. The predicted molar refractivity (Wildman–Crippen MR) is 64.9 cm³/mol. The second kappa shape index (κ2) is 10.6. The average molecular weight is 199 g/mol. The molecular weight excluding hydrogens is 171 g/mol. The molecule has 0 bridgehead atoms. The molecule has 0 aromatic carbocycles. The van der Waals surface area contributed by atoms with E-state index in [1.54, 1.807) is 10.6 Å². The minimum Gasteiger partial charge on any atom is -0.0939 e. The van der Waals surface area contributed by atoms with Gasteiger partial charge in [-0.2, -0.15) is 0 Å². The van der Waals surface area contributed by atoms with Crippen molar-refractivity contribution >= 4 is 14.1 Å². The van der Waals surface area contributed by atoms with Crippen LogP contribution < -0.4 is 0 Å². The smallest absolute Gasteiger partial charge is 0.0939 e. The van der Waals surface area contributed by atoms with Crippen LogP contribution >= 0.6 is 0 Å². The van der Waals surface area contributed by atoms with E-state index in [2.05, 4.69) is 13.8 Å². The van der Waals surface area contributed by atoms with Gasteiger partial charge in [-0.3, -0.25) is 0 Å². The molecule has 0 aromatic heterocycles. The summed E-state index contributed by atoms with van der Waals surface area (Å²) in [5.41, 5.74) is 0. The third-order valence-electron chi connectivity index (χ3n) is 2.79. The van der Waals surface area contributed by atoms with Crippen molar-refractivity contribution < 1.29 is 1.37 Å². The van der Waals surface area contributed by atoms with Crippen LogP contribution in [0.4, 0.5) is 0 Å². The molecule has 0 unspecified atom stereocenters. The second-order valence-corrected chi connectivity index (χ2v) is 7.61. The molecule has 0 amide bonds.